The molecule has 1 saturated heterocycles. The van der Waals surface area contributed by atoms with Crippen molar-refractivity contribution in [1.82, 2.24) is 14.9 Å². The average Bonchev–Trinajstić information content (AvgIpc) is 2.66. The van der Waals surface area contributed by atoms with E-state index in [0.29, 0.717) is 44.6 Å². The van der Waals surface area contributed by atoms with Gasteiger partial charge in [-0.2, -0.15) is 4.98 Å². The third kappa shape index (κ3) is 5.57. The third-order valence-corrected chi connectivity index (χ3v) is 4.06. The van der Waals surface area contributed by atoms with Crippen LogP contribution in [-0.4, -0.2) is 52.7 Å². The van der Waals surface area contributed by atoms with Crippen LogP contribution in [0.15, 0.2) is 42.6 Å². The van der Waals surface area contributed by atoms with Gasteiger partial charge in [0.05, 0.1) is 0 Å². The highest BCUT2D eigenvalue weighted by molar-refractivity contribution is 5.68. The second kappa shape index (κ2) is 8.24. The molecule has 2 aromatic rings. The molecule has 0 radical (unpaired) electrons. The first-order valence-corrected chi connectivity index (χ1v) is 9.13. The second-order valence-corrected chi connectivity index (χ2v) is 7.42. The normalized spacial score (nSPS) is 14.8. The highest BCUT2D eigenvalue weighted by Crippen LogP contribution is 2.17. The largest absolute Gasteiger partial charge is 0.473 e. The summed E-state index contributed by atoms with van der Waals surface area (Å²) in [5.74, 6) is 1.16. The van der Waals surface area contributed by atoms with Crippen molar-refractivity contribution >= 4 is 12.0 Å². The number of hydrogen-bond donors (Lipinski definition) is 0. The van der Waals surface area contributed by atoms with Crippen molar-refractivity contribution in [3.05, 3.63) is 48.2 Å². The van der Waals surface area contributed by atoms with E-state index < -0.39 is 5.60 Å². The molecule has 0 bridgehead atoms. The van der Waals surface area contributed by atoms with Crippen LogP contribution in [-0.2, 0) is 11.3 Å². The number of anilines is 1. The molecule has 1 amide bonds. The van der Waals surface area contributed by atoms with Gasteiger partial charge < -0.3 is 19.3 Å². The fourth-order valence-corrected chi connectivity index (χ4v) is 2.71. The summed E-state index contributed by atoms with van der Waals surface area (Å²) < 4.78 is 11.2. The van der Waals surface area contributed by atoms with E-state index >= 15 is 0 Å². The average molecular weight is 370 g/mol. The molecule has 27 heavy (non-hydrogen) atoms. The molecule has 0 spiro atoms. The zero-order valence-electron chi connectivity index (χ0n) is 16.1. The second-order valence-electron chi connectivity index (χ2n) is 7.42. The van der Waals surface area contributed by atoms with Crippen molar-refractivity contribution in [2.45, 2.75) is 33.0 Å². The van der Waals surface area contributed by atoms with E-state index in [9.17, 15) is 4.79 Å². The van der Waals surface area contributed by atoms with Crippen LogP contribution in [0.1, 0.15) is 26.3 Å². The van der Waals surface area contributed by atoms with Crippen LogP contribution in [0, 0.1) is 0 Å². The van der Waals surface area contributed by atoms with Gasteiger partial charge in [0.1, 0.15) is 12.2 Å². The van der Waals surface area contributed by atoms with Gasteiger partial charge in [0.25, 0.3) is 0 Å². The SMILES string of the molecule is CC(C)(C)OC(=O)N1CCN(c2nccc(OCc3ccccc3)n2)CC1. The summed E-state index contributed by atoms with van der Waals surface area (Å²) in [6, 6.07) is 11.7. The number of carbonyl (C=O) groups excluding carboxylic acids is 1. The monoisotopic (exact) mass is 370 g/mol. The quantitative estimate of drug-likeness (QED) is 0.824. The van der Waals surface area contributed by atoms with Crippen molar-refractivity contribution in [2.75, 3.05) is 31.1 Å². The maximum atomic E-state index is 12.2. The molecule has 1 fully saturated rings. The molecule has 7 heteroatoms. The highest BCUT2D eigenvalue weighted by Gasteiger charge is 2.26. The predicted octanol–water partition coefficient (Wildman–Crippen LogP) is 3.11. The number of benzene rings is 1. The molecule has 3 rings (SSSR count). The summed E-state index contributed by atoms with van der Waals surface area (Å²) >= 11 is 0. The van der Waals surface area contributed by atoms with Crippen molar-refractivity contribution in [3.63, 3.8) is 0 Å². The summed E-state index contributed by atoms with van der Waals surface area (Å²) in [6.45, 7) is 8.54. The topological polar surface area (TPSA) is 67.8 Å². The number of hydrogen-bond acceptors (Lipinski definition) is 6. The lowest BCUT2D eigenvalue weighted by Crippen LogP contribution is -2.50. The van der Waals surface area contributed by atoms with Crippen LogP contribution in [0.25, 0.3) is 0 Å². The third-order valence-electron chi connectivity index (χ3n) is 4.06. The van der Waals surface area contributed by atoms with E-state index in [2.05, 4.69) is 14.9 Å². The molecule has 1 aromatic heterocycles. The lowest BCUT2D eigenvalue weighted by molar-refractivity contribution is 0.0240. The van der Waals surface area contributed by atoms with Gasteiger partial charge in [-0.25, -0.2) is 9.78 Å². The standard InChI is InChI=1S/C20H26N4O3/c1-20(2,3)27-19(25)24-13-11-23(12-14-24)18-21-10-9-17(22-18)26-15-16-7-5-4-6-8-16/h4-10H,11-15H2,1-3H3. The van der Waals surface area contributed by atoms with Crippen LogP contribution in [0.2, 0.25) is 0 Å². The van der Waals surface area contributed by atoms with Crippen molar-refractivity contribution in [1.29, 1.82) is 0 Å². The summed E-state index contributed by atoms with van der Waals surface area (Å²) in [5, 5.41) is 0. The first kappa shape index (κ1) is 18.9. The Bertz CT molecular complexity index is 753. The van der Waals surface area contributed by atoms with E-state index in [0.717, 1.165) is 5.56 Å². The Morgan fingerprint density at radius 1 is 1.07 bits per heavy atom. The number of nitrogens with zero attached hydrogens (tertiary/aromatic N) is 4. The van der Waals surface area contributed by atoms with E-state index in [1.807, 2.05) is 51.1 Å². The Kier molecular flexibility index (Phi) is 5.78. The van der Waals surface area contributed by atoms with E-state index in [-0.39, 0.29) is 6.09 Å². The van der Waals surface area contributed by atoms with Crippen LogP contribution in [0.5, 0.6) is 5.88 Å². The Morgan fingerprint density at radius 2 is 1.78 bits per heavy atom. The Labute approximate surface area is 159 Å². The lowest BCUT2D eigenvalue weighted by atomic mass is 10.2. The molecule has 0 unspecified atom stereocenters. The maximum Gasteiger partial charge on any atom is 0.410 e. The van der Waals surface area contributed by atoms with Gasteiger partial charge in [-0.1, -0.05) is 30.3 Å². The van der Waals surface area contributed by atoms with Crippen molar-refractivity contribution in [3.8, 4) is 5.88 Å². The number of carbonyl (C=O) groups is 1. The van der Waals surface area contributed by atoms with Crippen LogP contribution < -0.4 is 9.64 Å². The van der Waals surface area contributed by atoms with Gasteiger partial charge in [-0.05, 0) is 26.3 Å². The van der Waals surface area contributed by atoms with Crippen molar-refractivity contribution < 1.29 is 14.3 Å². The summed E-state index contributed by atoms with van der Waals surface area (Å²) in [4.78, 5) is 24.8. The molecular formula is C20H26N4O3. The molecule has 0 aliphatic carbocycles. The van der Waals surface area contributed by atoms with Gasteiger partial charge in [-0.15, -0.1) is 0 Å². The number of piperazine rings is 1. The van der Waals surface area contributed by atoms with E-state index in [1.165, 1.54) is 0 Å². The minimum absolute atomic E-state index is 0.275. The molecule has 1 aromatic carbocycles. The molecule has 0 atom stereocenters. The molecule has 1 aliphatic rings. The van der Waals surface area contributed by atoms with Crippen molar-refractivity contribution in [2.24, 2.45) is 0 Å². The molecule has 0 N–H and O–H groups in total. The minimum atomic E-state index is -0.484. The first-order chi connectivity index (χ1) is 12.9. The van der Waals surface area contributed by atoms with Gasteiger partial charge in [-0.3, -0.25) is 0 Å². The van der Waals surface area contributed by atoms with Crippen LogP contribution in [0.3, 0.4) is 0 Å². The number of amides is 1. The van der Waals surface area contributed by atoms with Gasteiger partial charge in [0, 0.05) is 38.4 Å². The molecule has 7 nitrogen and oxygen atoms in total. The first-order valence-electron chi connectivity index (χ1n) is 9.13. The Hall–Kier alpha value is -2.83. The molecule has 144 valence electrons. The molecule has 2 heterocycles. The minimum Gasteiger partial charge on any atom is -0.473 e. The summed E-state index contributed by atoms with van der Waals surface area (Å²) in [7, 11) is 0. The predicted molar refractivity (Wildman–Crippen MR) is 103 cm³/mol. The van der Waals surface area contributed by atoms with Crippen LogP contribution in [0.4, 0.5) is 10.7 Å². The zero-order chi connectivity index (χ0) is 19.3. The van der Waals surface area contributed by atoms with Gasteiger partial charge >= 0.3 is 6.09 Å². The molecular weight excluding hydrogens is 344 g/mol. The Balaban J connectivity index is 1.54. The van der Waals surface area contributed by atoms with E-state index in [1.54, 1.807) is 17.2 Å². The zero-order valence-corrected chi connectivity index (χ0v) is 16.1. The number of ether oxygens (including phenoxy) is 2. The van der Waals surface area contributed by atoms with Gasteiger partial charge in [0.15, 0.2) is 0 Å². The summed E-state index contributed by atoms with van der Waals surface area (Å²) in [6.07, 6.45) is 1.42. The smallest absolute Gasteiger partial charge is 0.410 e. The maximum absolute atomic E-state index is 12.2. The van der Waals surface area contributed by atoms with Gasteiger partial charge in [0.2, 0.25) is 11.8 Å². The van der Waals surface area contributed by atoms with Crippen LogP contribution >= 0.6 is 0 Å². The highest BCUT2D eigenvalue weighted by atomic mass is 16.6. The number of aromatic nitrogens is 2. The Morgan fingerprint density at radius 3 is 2.44 bits per heavy atom. The van der Waals surface area contributed by atoms with E-state index in [4.69, 9.17) is 9.47 Å². The fourth-order valence-electron chi connectivity index (χ4n) is 2.71. The molecule has 0 saturated carbocycles. The number of rotatable bonds is 4. The summed E-state index contributed by atoms with van der Waals surface area (Å²) in [5.41, 5.74) is 0.602. The molecule has 1 aliphatic heterocycles. The lowest BCUT2D eigenvalue weighted by Gasteiger charge is -2.35. The fraction of sp³-hybridized carbons (Fsp3) is 0.450.